The van der Waals surface area contributed by atoms with Crippen LogP contribution in [0.25, 0.3) is 0 Å². The van der Waals surface area contributed by atoms with E-state index >= 15 is 0 Å². The van der Waals surface area contributed by atoms with Gasteiger partial charge in [0.25, 0.3) is 0 Å². The average molecular weight is 243 g/mol. The molecule has 0 fully saturated rings. The maximum atomic E-state index is 6.06. The Morgan fingerprint density at radius 1 is 1.31 bits per heavy atom. The van der Waals surface area contributed by atoms with E-state index in [0.717, 1.165) is 17.9 Å². The van der Waals surface area contributed by atoms with Gasteiger partial charge in [0.1, 0.15) is 18.9 Å². The Morgan fingerprint density at radius 3 is 2.56 bits per heavy atom. The fourth-order valence-electron chi connectivity index (χ4n) is 1.45. The molecule has 3 heteroatoms. The zero-order valence-electron chi connectivity index (χ0n) is 10.5. The van der Waals surface area contributed by atoms with Crippen LogP contribution in [-0.2, 0) is 0 Å². The molecule has 0 unspecified atom stereocenters. The molecule has 0 radical (unpaired) electrons. The van der Waals surface area contributed by atoms with Crippen molar-refractivity contribution in [2.24, 2.45) is 0 Å². The van der Waals surface area contributed by atoms with E-state index in [9.17, 15) is 0 Å². The maximum Gasteiger partial charge on any atom is 0.141 e. The van der Waals surface area contributed by atoms with E-state index in [2.05, 4.69) is 26.1 Å². The quantitative estimate of drug-likeness (QED) is 0.807. The molecule has 16 heavy (non-hydrogen) atoms. The summed E-state index contributed by atoms with van der Waals surface area (Å²) in [5.74, 6) is 0.812. The van der Waals surface area contributed by atoms with Gasteiger partial charge in [-0.15, -0.1) is 0 Å². The van der Waals surface area contributed by atoms with Crippen LogP contribution in [0.1, 0.15) is 26.3 Å². The fourth-order valence-corrected chi connectivity index (χ4v) is 1.73. The third kappa shape index (κ3) is 4.42. The summed E-state index contributed by atoms with van der Waals surface area (Å²) in [5, 5.41) is 2.95. The first-order valence-corrected chi connectivity index (χ1v) is 6.00. The Morgan fingerprint density at radius 2 is 2.00 bits per heavy atom. The molecule has 0 atom stereocenters. The van der Waals surface area contributed by atoms with Crippen LogP contribution in [0.5, 0.6) is 5.75 Å². The maximum absolute atomic E-state index is 6.06. The lowest BCUT2D eigenvalue weighted by Gasteiger charge is -2.17. The lowest BCUT2D eigenvalue weighted by Crippen LogP contribution is -2.95. The second-order valence-electron chi connectivity index (χ2n) is 5.09. The molecule has 0 amide bonds. The molecule has 1 aromatic rings. The van der Waals surface area contributed by atoms with Crippen molar-refractivity contribution in [3.8, 4) is 5.75 Å². The second-order valence-corrected chi connectivity index (χ2v) is 5.50. The molecule has 0 bridgehead atoms. The molecule has 0 aliphatic carbocycles. The minimum atomic E-state index is 0.249. The standard InChI is InChI=1S/C13H20ClNO/c1-10-6-5-7-11(14)12(10)16-9-8-15-13(2,3)4/h5-7,15H,8-9H2,1-4H3/p+1. The summed E-state index contributed by atoms with van der Waals surface area (Å²) in [4.78, 5) is 0. The molecular weight excluding hydrogens is 222 g/mol. The third-order valence-corrected chi connectivity index (χ3v) is 2.58. The number of nitrogens with two attached hydrogens (primary N) is 1. The van der Waals surface area contributed by atoms with Gasteiger partial charge in [-0.05, 0) is 39.3 Å². The van der Waals surface area contributed by atoms with Crippen molar-refractivity contribution in [3.05, 3.63) is 28.8 Å². The number of para-hydroxylation sites is 1. The molecule has 0 saturated heterocycles. The molecule has 0 heterocycles. The highest BCUT2D eigenvalue weighted by molar-refractivity contribution is 6.32. The minimum absolute atomic E-state index is 0.249. The molecule has 0 aliphatic heterocycles. The van der Waals surface area contributed by atoms with E-state index < -0.39 is 0 Å². The van der Waals surface area contributed by atoms with Crippen LogP contribution < -0.4 is 10.1 Å². The van der Waals surface area contributed by atoms with Gasteiger partial charge in [0, 0.05) is 0 Å². The summed E-state index contributed by atoms with van der Waals surface area (Å²) in [6.45, 7) is 10.2. The summed E-state index contributed by atoms with van der Waals surface area (Å²) in [7, 11) is 0. The van der Waals surface area contributed by atoms with Crippen LogP contribution in [0.2, 0.25) is 5.02 Å². The fraction of sp³-hybridized carbons (Fsp3) is 0.538. The Bertz CT molecular complexity index is 324. The van der Waals surface area contributed by atoms with Gasteiger partial charge in [-0.1, -0.05) is 23.7 Å². The van der Waals surface area contributed by atoms with E-state index in [-0.39, 0.29) is 5.54 Å². The van der Waals surface area contributed by atoms with Gasteiger partial charge in [0.2, 0.25) is 0 Å². The topological polar surface area (TPSA) is 25.8 Å². The molecule has 2 nitrogen and oxygen atoms in total. The van der Waals surface area contributed by atoms with E-state index in [1.165, 1.54) is 0 Å². The van der Waals surface area contributed by atoms with Crippen molar-refractivity contribution in [3.63, 3.8) is 0 Å². The summed E-state index contributed by atoms with van der Waals surface area (Å²) in [6, 6.07) is 5.80. The Hall–Kier alpha value is -0.730. The van der Waals surface area contributed by atoms with E-state index in [0.29, 0.717) is 11.6 Å². The highest BCUT2D eigenvalue weighted by Gasteiger charge is 2.12. The van der Waals surface area contributed by atoms with Crippen molar-refractivity contribution in [2.75, 3.05) is 13.2 Å². The summed E-state index contributed by atoms with van der Waals surface area (Å²) in [5.41, 5.74) is 1.34. The van der Waals surface area contributed by atoms with Gasteiger partial charge in [-0.3, -0.25) is 0 Å². The zero-order valence-corrected chi connectivity index (χ0v) is 11.3. The van der Waals surface area contributed by atoms with Gasteiger partial charge < -0.3 is 10.1 Å². The highest BCUT2D eigenvalue weighted by Crippen LogP contribution is 2.27. The van der Waals surface area contributed by atoms with Crippen molar-refractivity contribution in [1.29, 1.82) is 0 Å². The summed E-state index contributed by atoms with van der Waals surface area (Å²) >= 11 is 6.06. The Kier molecular flexibility index (Phi) is 4.63. The normalized spacial score (nSPS) is 11.6. The summed E-state index contributed by atoms with van der Waals surface area (Å²) in [6.07, 6.45) is 0. The first-order valence-electron chi connectivity index (χ1n) is 5.62. The van der Waals surface area contributed by atoms with Gasteiger partial charge >= 0.3 is 0 Å². The average Bonchev–Trinajstić information content (AvgIpc) is 2.14. The van der Waals surface area contributed by atoms with Crippen LogP contribution >= 0.6 is 11.6 Å². The Balaban J connectivity index is 2.43. The molecule has 0 aliphatic rings. The van der Waals surface area contributed by atoms with Gasteiger partial charge in [-0.25, -0.2) is 0 Å². The lowest BCUT2D eigenvalue weighted by molar-refractivity contribution is -0.717. The first-order chi connectivity index (χ1) is 7.40. The van der Waals surface area contributed by atoms with E-state index in [1.807, 2.05) is 25.1 Å². The molecule has 2 N–H and O–H groups in total. The number of hydrogen-bond acceptors (Lipinski definition) is 1. The van der Waals surface area contributed by atoms with Crippen LogP contribution in [0, 0.1) is 6.92 Å². The van der Waals surface area contributed by atoms with Gasteiger partial charge in [-0.2, -0.15) is 0 Å². The molecule has 0 spiro atoms. The second kappa shape index (κ2) is 5.55. The first kappa shape index (κ1) is 13.3. The number of halogens is 1. The zero-order chi connectivity index (χ0) is 12.2. The van der Waals surface area contributed by atoms with E-state index in [1.54, 1.807) is 0 Å². The van der Waals surface area contributed by atoms with Crippen molar-refractivity contribution >= 4 is 11.6 Å². The van der Waals surface area contributed by atoms with Gasteiger partial charge in [0.15, 0.2) is 0 Å². The predicted molar refractivity (Wildman–Crippen MR) is 68.2 cm³/mol. The minimum Gasteiger partial charge on any atom is -0.486 e. The third-order valence-electron chi connectivity index (χ3n) is 2.28. The number of benzene rings is 1. The SMILES string of the molecule is Cc1cccc(Cl)c1OCC[NH2+]C(C)(C)C. The van der Waals surface area contributed by atoms with Crippen molar-refractivity contribution in [1.82, 2.24) is 0 Å². The van der Waals surface area contributed by atoms with Crippen LogP contribution in [-0.4, -0.2) is 18.7 Å². The molecule has 0 aromatic heterocycles. The van der Waals surface area contributed by atoms with E-state index in [4.69, 9.17) is 16.3 Å². The monoisotopic (exact) mass is 242 g/mol. The molecule has 0 saturated carbocycles. The predicted octanol–water partition coefficient (Wildman–Crippen LogP) is 2.39. The van der Waals surface area contributed by atoms with Crippen LogP contribution in [0.15, 0.2) is 18.2 Å². The molecule has 1 aromatic carbocycles. The lowest BCUT2D eigenvalue weighted by atomic mass is 10.1. The molecule has 90 valence electrons. The van der Waals surface area contributed by atoms with Crippen molar-refractivity contribution in [2.45, 2.75) is 33.2 Å². The van der Waals surface area contributed by atoms with Crippen molar-refractivity contribution < 1.29 is 10.1 Å². The highest BCUT2D eigenvalue weighted by atomic mass is 35.5. The number of hydrogen-bond donors (Lipinski definition) is 1. The number of aryl methyl sites for hydroxylation is 1. The Labute approximate surface area is 103 Å². The van der Waals surface area contributed by atoms with Gasteiger partial charge in [0.05, 0.1) is 10.6 Å². The van der Waals surface area contributed by atoms with Crippen LogP contribution in [0.3, 0.4) is 0 Å². The number of quaternary nitrogens is 1. The van der Waals surface area contributed by atoms with Crippen LogP contribution in [0.4, 0.5) is 0 Å². The number of rotatable bonds is 4. The summed E-state index contributed by atoms with van der Waals surface area (Å²) < 4.78 is 5.70. The molecular formula is C13H21ClNO+. The number of ether oxygens (including phenoxy) is 1. The largest absolute Gasteiger partial charge is 0.486 e. The smallest absolute Gasteiger partial charge is 0.141 e. The molecule has 1 rings (SSSR count).